The van der Waals surface area contributed by atoms with Crippen LogP contribution >= 0.6 is 12.2 Å². The first kappa shape index (κ1) is 24.1. The average molecular weight is 527 g/mol. The van der Waals surface area contributed by atoms with E-state index in [1.165, 1.54) is 6.07 Å². The number of rotatable bonds is 6. The number of morpholine rings is 1. The van der Waals surface area contributed by atoms with Crippen LogP contribution in [0.1, 0.15) is 23.5 Å². The normalized spacial score (nSPS) is 19.4. The van der Waals surface area contributed by atoms with Crippen molar-refractivity contribution in [3.8, 4) is 5.69 Å². The Bertz CT molecular complexity index is 1450. The Balaban J connectivity index is 1.42. The molecule has 4 aromatic rings. The van der Waals surface area contributed by atoms with Crippen molar-refractivity contribution in [2.24, 2.45) is 0 Å². The number of nitrogens with zero attached hydrogens (tertiary/aromatic N) is 5. The third-order valence-corrected chi connectivity index (χ3v) is 7.32. The second kappa shape index (κ2) is 10.2. The second-order valence-corrected chi connectivity index (χ2v) is 9.58. The summed E-state index contributed by atoms with van der Waals surface area (Å²) in [6, 6.07) is 24.4. The predicted molar refractivity (Wildman–Crippen MR) is 150 cm³/mol. The van der Waals surface area contributed by atoms with E-state index in [-0.39, 0.29) is 22.7 Å². The van der Waals surface area contributed by atoms with Crippen LogP contribution in [-0.4, -0.2) is 45.9 Å². The minimum Gasteiger partial charge on any atom is -0.378 e. The van der Waals surface area contributed by atoms with Gasteiger partial charge in [0.1, 0.15) is 6.04 Å². The van der Waals surface area contributed by atoms with Crippen LogP contribution in [0.2, 0.25) is 0 Å². The summed E-state index contributed by atoms with van der Waals surface area (Å²) in [6.07, 6.45) is 3.70. The number of non-ortho nitro benzene ring substituents is 1. The number of nitrogens with one attached hydrogen (secondary N) is 1. The van der Waals surface area contributed by atoms with Crippen LogP contribution in [0, 0.1) is 10.1 Å². The molecule has 2 atom stereocenters. The Morgan fingerprint density at radius 3 is 2.47 bits per heavy atom. The summed E-state index contributed by atoms with van der Waals surface area (Å²) < 4.78 is 7.48. The third-order valence-electron chi connectivity index (χ3n) is 7.00. The zero-order valence-electron chi connectivity index (χ0n) is 20.5. The molecule has 0 aliphatic carbocycles. The van der Waals surface area contributed by atoms with Gasteiger partial charge in [-0.3, -0.25) is 15.1 Å². The van der Waals surface area contributed by atoms with Crippen LogP contribution in [-0.2, 0) is 4.74 Å². The van der Waals surface area contributed by atoms with E-state index in [4.69, 9.17) is 17.0 Å². The van der Waals surface area contributed by atoms with Gasteiger partial charge in [0.25, 0.3) is 5.69 Å². The predicted octanol–water partition coefficient (Wildman–Crippen LogP) is 4.79. The van der Waals surface area contributed by atoms with Crippen molar-refractivity contribution < 1.29 is 9.66 Å². The zero-order valence-corrected chi connectivity index (χ0v) is 21.3. The monoisotopic (exact) mass is 526 g/mol. The number of benzene rings is 2. The smallest absolute Gasteiger partial charge is 0.271 e. The van der Waals surface area contributed by atoms with E-state index >= 15 is 0 Å². The van der Waals surface area contributed by atoms with Gasteiger partial charge in [0.2, 0.25) is 0 Å². The molecule has 2 aliphatic rings. The van der Waals surface area contributed by atoms with Crippen molar-refractivity contribution in [1.82, 2.24) is 14.9 Å². The van der Waals surface area contributed by atoms with Crippen LogP contribution < -0.4 is 15.1 Å². The molecular weight excluding hydrogens is 500 g/mol. The molecule has 2 saturated heterocycles. The van der Waals surface area contributed by atoms with E-state index in [9.17, 15) is 10.1 Å². The number of anilines is 2. The van der Waals surface area contributed by atoms with Gasteiger partial charge in [0.05, 0.1) is 35.6 Å². The fraction of sp³-hybridized carbons (Fsp3) is 0.214. The van der Waals surface area contributed by atoms with Crippen molar-refractivity contribution in [2.45, 2.75) is 12.1 Å². The summed E-state index contributed by atoms with van der Waals surface area (Å²) in [4.78, 5) is 20.1. The van der Waals surface area contributed by atoms with Gasteiger partial charge in [-0.2, -0.15) is 0 Å². The van der Waals surface area contributed by atoms with E-state index in [0.29, 0.717) is 10.8 Å². The summed E-state index contributed by atoms with van der Waals surface area (Å²) in [7, 11) is 0. The number of nitro benzene ring substituents is 1. The lowest BCUT2D eigenvalue weighted by Crippen LogP contribution is -2.36. The van der Waals surface area contributed by atoms with E-state index < -0.39 is 0 Å². The lowest BCUT2D eigenvalue weighted by molar-refractivity contribution is -0.384. The largest absolute Gasteiger partial charge is 0.378 e. The molecule has 0 bridgehead atoms. The topological polar surface area (TPSA) is 88.7 Å². The van der Waals surface area contributed by atoms with Crippen molar-refractivity contribution in [1.29, 1.82) is 0 Å². The molecule has 0 unspecified atom stereocenters. The molecule has 192 valence electrons. The van der Waals surface area contributed by atoms with E-state index in [1.54, 1.807) is 18.3 Å². The molecular formula is C28H26N6O3S. The van der Waals surface area contributed by atoms with Gasteiger partial charge in [-0.25, -0.2) is 0 Å². The number of ether oxygens (including phenoxy) is 1. The van der Waals surface area contributed by atoms with Crippen molar-refractivity contribution in [3.63, 3.8) is 0 Å². The molecule has 0 saturated carbocycles. The minimum atomic E-state index is -0.377. The quantitative estimate of drug-likeness (QED) is 0.218. The molecule has 6 rings (SSSR count). The molecule has 9 nitrogen and oxygen atoms in total. The van der Waals surface area contributed by atoms with Crippen molar-refractivity contribution in [3.05, 3.63) is 113 Å². The van der Waals surface area contributed by atoms with Gasteiger partial charge in [-0.05, 0) is 66.8 Å². The van der Waals surface area contributed by atoms with Gasteiger partial charge in [0, 0.05) is 54.7 Å². The highest BCUT2D eigenvalue weighted by Crippen LogP contribution is 2.42. The van der Waals surface area contributed by atoms with Gasteiger partial charge in [-0.1, -0.05) is 12.1 Å². The maximum atomic E-state index is 11.5. The first-order chi connectivity index (χ1) is 18.6. The molecule has 38 heavy (non-hydrogen) atoms. The number of hydrogen-bond acceptors (Lipinski definition) is 6. The summed E-state index contributed by atoms with van der Waals surface area (Å²) in [6.45, 7) is 3.18. The number of aromatic nitrogens is 2. The molecule has 0 amide bonds. The van der Waals surface area contributed by atoms with E-state index in [2.05, 4.69) is 44.4 Å². The van der Waals surface area contributed by atoms with Crippen LogP contribution in [0.25, 0.3) is 5.69 Å². The summed E-state index contributed by atoms with van der Waals surface area (Å²) in [5, 5.41) is 15.5. The highest BCUT2D eigenvalue weighted by molar-refractivity contribution is 7.80. The highest BCUT2D eigenvalue weighted by atomic mass is 32.1. The van der Waals surface area contributed by atoms with E-state index in [1.807, 2.05) is 47.2 Å². The lowest BCUT2D eigenvalue weighted by atomic mass is 10.0. The standard InChI is InChI=1S/C28H26N6O3S/c35-34(36)23-6-3-5-22(19-23)32-14-4-8-25(32)27-26(24-7-1-2-13-29-24)30-28(38)33(27)21-11-9-20(10-12-21)31-15-17-37-18-16-31/h1-14,19,26-27H,15-18H2,(H,30,38)/t26-,27+/m0/s1. The first-order valence-electron chi connectivity index (χ1n) is 12.5. The Labute approximate surface area is 225 Å². The molecule has 4 heterocycles. The fourth-order valence-electron chi connectivity index (χ4n) is 5.21. The maximum Gasteiger partial charge on any atom is 0.271 e. The summed E-state index contributed by atoms with van der Waals surface area (Å²) >= 11 is 5.89. The molecule has 0 spiro atoms. The zero-order chi connectivity index (χ0) is 26.1. The first-order valence-corrected chi connectivity index (χ1v) is 12.9. The number of hydrogen-bond donors (Lipinski definition) is 1. The molecule has 2 aromatic carbocycles. The second-order valence-electron chi connectivity index (χ2n) is 9.19. The van der Waals surface area contributed by atoms with Gasteiger partial charge < -0.3 is 24.4 Å². The molecule has 0 radical (unpaired) electrons. The Kier molecular flexibility index (Phi) is 6.48. The number of nitro groups is 1. The minimum absolute atomic E-state index is 0.0408. The number of thiocarbonyl (C=S) groups is 1. The van der Waals surface area contributed by atoms with Gasteiger partial charge >= 0.3 is 0 Å². The van der Waals surface area contributed by atoms with Crippen molar-refractivity contribution >= 4 is 34.4 Å². The molecule has 2 aliphatic heterocycles. The van der Waals surface area contributed by atoms with Crippen molar-refractivity contribution in [2.75, 3.05) is 36.1 Å². The lowest BCUT2D eigenvalue weighted by Gasteiger charge is -2.31. The van der Waals surface area contributed by atoms with Crippen LogP contribution in [0.3, 0.4) is 0 Å². The molecule has 10 heteroatoms. The Hall–Kier alpha value is -4.28. The van der Waals surface area contributed by atoms with Crippen LogP contribution in [0.15, 0.2) is 91.3 Å². The molecule has 2 fully saturated rings. The maximum absolute atomic E-state index is 11.5. The molecule has 2 aromatic heterocycles. The van der Waals surface area contributed by atoms with Gasteiger partial charge in [-0.15, -0.1) is 0 Å². The Morgan fingerprint density at radius 2 is 1.74 bits per heavy atom. The summed E-state index contributed by atoms with van der Waals surface area (Å²) in [5.74, 6) is 0. The third kappa shape index (κ3) is 4.48. The fourth-order valence-corrected chi connectivity index (χ4v) is 5.55. The van der Waals surface area contributed by atoms with Crippen LogP contribution in [0.5, 0.6) is 0 Å². The van der Waals surface area contributed by atoms with Gasteiger partial charge in [0.15, 0.2) is 5.11 Å². The van der Waals surface area contributed by atoms with E-state index in [0.717, 1.165) is 49.1 Å². The summed E-state index contributed by atoms with van der Waals surface area (Å²) in [5.41, 5.74) is 4.64. The average Bonchev–Trinajstić information content (AvgIpc) is 3.58. The Morgan fingerprint density at radius 1 is 0.947 bits per heavy atom. The van der Waals surface area contributed by atoms with Crippen LogP contribution in [0.4, 0.5) is 17.1 Å². The number of pyridine rings is 1. The highest BCUT2D eigenvalue weighted by Gasteiger charge is 2.42. The molecule has 1 N–H and O–H groups in total. The SMILES string of the molecule is O=[N+]([O-])c1cccc(-n2cccc2[C@@H]2[C@H](c3ccccn3)NC(=S)N2c2ccc(N3CCOCC3)cc2)c1.